The minimum absolute atomic E-state index is 0.00456. The van der Waals surface area contributed by atoms with Crippen molar-refractivity contribution in [2.45, 2.75) is 187 Å². The zero-order valence-electron chi connectivity index (χ0n) is 24.8. The molecule has 0 bridgehead atoms. The molecule has 0 saturated heterocycles. The number of aliphatic carboxylic acids is 1. The molecule has 0 amide bonds. The Labute approximate surface area is 230 Å². The minimum atomic E-state index is -0.689. The Morgan fingerprint density at radius 1 is 0.568 bits per heavy atom. The molecular weight excluding hydrogens is 460 g/mol. The molecule has 0 saturated carbocycles. The van der Waals surface area contributed by atoms with Gasteiger partial charge in [0, 0.05) is 12.8 Å². The van der Waals surface area contributed by atoms with E-state index in [-0.39, 0.29) is 12.1 Å². The van der Waals surface area contributed by atoms with E-state index < -0.39 is 5.97 Å². The topological polar surface area (TPSA) is 63.6 Å². The summed E-state index contributed by atoms with van der Waals surface area (Å²) in [6, 6.07) is 0. The van der Waals surface area contributed by atoms with Crippen LogP contribution in [0.3, 0.4) is 0 Å². The van der Waals surface area contributed by atoms with Crippen LogP contribution >= 0.6 is 0 Å². The molecule has 1 unspecified atom stereocenters. The molecule has 0 aromatic rings. The van der Waals surface area contributed by atoms with Gasteiger partial charge in [0.25, 0.3) is 0 Å². The van der Waals surface area contributed by atoms with E-state index in [4.69, 9.17) is 9.84 Å². The van der Waals surface area contributed by atoms with Crippen molar-refractivity contribution in [3.05, 3.63) is 12.2 Å². The normalized spacial score (nSPS) is 12.3. The molecule has 1 N–H and O–H groups in total. The van der Waals surface area contributed by atoms with Crippen LogP contribution < -0.4 is 0 Å². The number of esters is 1. The van der Waals surface area contributed by atoms with Crippen LogP contribution in [-0.2, 0) is 14.3 Å². The molecule has 0 fully saturated rings. The van der Waals surface area contributed by atoms with Crippen LogP contribution in [-0.4, -0.2) is 23.1 Å². The Bertz CT molecular complexity index is 528. The first-order chi connectivity index (χ1) is 18.1. The summed E-state index contributed by atoms with van der Waals surface area (Å²) in [4.78, 5) is 23.0. The number of carboxylic acid groups (broad SMARTS) is 1. The molecule has 0 heterocycles. The average molecular weight is 523 g/mol. The number of ether oxygens (including phenoxy) is 1. The van der Waals surface area contributed by atoms with E-state index in [1.165, 1.54) is 96.3 Å². The van der Waals surface area contributed by atoms with Gasteiger partial charge in [-0.25, -0.2) is 0 Å². The highest BCUT2D eigenvalue weighted by Crippen LogP contribution is 2.18. The first kappa shape index (κ1) is 35.7. The Morgan fingerprint density at radius 3 is 1.49 bits per heavy atom. The van der Waals surface area contributed by atoms with Gasteiger partial charge < -0.3 is 9.84 Å². The molecule has 0 aliphatic rings. The zero-order valence-corrected chi connectivity index (χ0v) is 24.8. The first-order valence-corrected chi connectivity index (χ1v) is 16.2. The van der Waals surface area contributed by atoms with Gasteiger partial charge in [-0.3, -0.25) is 9.59 Å². The number of hydrogen-bond donors (Lipinski definition) is 1. The van der Waals surface area contributed by atoms with E-state index in [0.29, 0.717) is 12.8 Å². The molecule has 4 heteroatoms. The summed E-state index contributed by atoms with van der Waals surface area (Å²) < 4.78 is 5.92. The van der Waals surface area contributed by atoms with Gasteiger partial charge in [-0.15, -0.1) is 0 Å². The van der Waals surface area contributed by atoms with E-state index in [0.717, 1.165) is 57.8 Å². The minimum Gasteiger partial charge on any atom is -0.481 e. The number of carboxylic acids is 1. The fourth-order valence-electron chi connectivity index (χ4n) is 4.82. The van der Waals surface area contributed by atoms with E-state index in [2.05, 4.69) is 26.0 Å². The molecule has 218 valence electrons. The summed E-state index contributed by atoms with van der Waals surface area (Å²) in [5.41, 5.74) is 0. The van der Waals surface area contributed by atoms with Crippen molar-refractivity contribution in [1.29, 1.82) is 0 Å². The zero-order chi connectivity index (χ0) is 27.2. The third kappa shape index (κ3) is 29.1. The van der Waals surface area contributed by atoms with Gasteiger partial charge in [0.1, 0.15) is 6.10 Å². The van der Waals surface area contributed by atoms with E-state index >= 15 is 0 Å². The third-order valence-corrected chi connectivity index (χ3v) is 7.24. The largest absolute Gasteiger partial charge is 0.481 e. The molecule has 0 aromatic heterocycles. The van der Waals surface area contributed by atoms with E-state index in [1.54, 1.807) is 0 Å². The summed E-state index contributed by atoms with van der Waals surface area (Å²) in [5.74, 6) is -0.684. The summed E-state index contributed by atoms with van der Waals surface area (Å²) in [7, 11) is 0. The number of carbonyl (C=O) groups excluding carboxylic acids is 1. The lowest BCUT2D eigenvalue weighted by molar-refractivity contribution is -0.150. The van der Waals surface area contributed by atoms with E-state index in [9.17, 15) is 9.59 Å². The fourth-order valence-corrected chi connectivity index (χ4v) is 4.82. The van der Waals surface area contributed by atoms with Crippen LogP contribution in [0.25, 0.3) is 0 Å². The molecule has 37 heavy (non-hydrogen) atoms. The highest BCUT2D eigenvalue weighted by Gasteiger charge is 2.14. The van der Waals surface area contributed by atoms with Crippen molar-refractivity contribution in [1.82, 2.24) is 0 Å². The third-order valence-electron chi connectivity index (χ3n) is 7.24. The lowest BCUT2D eigenvalue weighted by atomic mass is 10.0. The average Bonchev–Trinajstić information content (AvgIpc) is 2.87. The lowest BCUT2D eigenvalue weighted by Crippen LogP contribution is -2.18. The predicted octanol–water partition coefficient (Wildman–Crippen LogP) is 10.7. The van der Waals surface area contributed by atoms with Crippen molar-refractivity contribution in [3.8, 4) is 0 Å². The van der Waals surface area contributed by atoms with Crippen molar-refractivity contribution < 1.29 is 19.4 Å². The maximum Gasteiger partial charge on any atom is 0.306 e. The van der Waals surface area contributed by atoms with Crippen molar-refractivity contribution >= 4 is 11.9 Å². The molecule has 0 spiro atoms. The second kappa shape index (κ2) is 29.2. The second-order valence-corrected chi connectivity index (χ2v) is 11.0. The van der Waals surface area contributed by atoms with Crippen molar-refractivity contribution in [2.24, 2.45) is 0 Å². The van der Waals surface area contributed by atoms with Gasteiger partial charge in [0.2, 0.25) is 0 Å². The highest BCUT2D eigenvalue weighted by molar-refractivity contribution is 5.69. The Morgan fingerprint density at radius 2 is 0.973 bits per heavy atom. The molecule has 1 atom stereocenters. The summed E-state index contributed by atoms with van der Waals surface area (Å²) in [5, 5.41) is 8.69. The molecule has 0 aliphatic heterocycles. The Balaban J connectivity index is 3.87. The van der Waals surface area contributed by atoms with Gasteiger partial charge in [-0.1, -0.05) is 116 Å². The summed E-state index contributed by atoms with van der Waals surface area (Å²) >= 11 is 0. The first-order valence-electron chi connectivity index (χ1n) is 16.2. The van der Waals surface area contributed by atoms with Crippen LogP contribution in [0.5, 0.6) is 0 Å². The molecule has 0 aromatic carbocycles. The van der Waals surface area contributed by atoms with Crippen LogP contribution in [0.1, 0.15) is 181 Å². The van der Waals surface area contributed by atoms with Gasteiger partial charge in [0.15, 0.2) is 0 Å². The van der Waals surface area contributed by atoms with Crippen LogP contribution in [0.4, 0.5) is 0 Å². The SMILES string of the molecule is CCCCCC/C=C\CCCCCCCC(=O)OC(CCCCCC)CCCCCCCCCC(=O)O. The van der Waals surface area contributed by atoms with Crippen LogP contribution in [0, 0.1) is 0 Å². The number of hydrogen-bond acceptors (Lipinski definition) is 3. The number of carbonyl (C=O) groups is 2. The molecule has 0 rings (SSSR count). The fraction of sp³-hybridized carbons (Fsp3) is 0.879. The molecule has 0 aliphatic carbocycles. The second-order valence-electron chi connectivity index (χ2n) is 11.0. The lowest BCUT2D eigenvalue weighted by Gasteiger charge is -2.18. The standard InChI is InChI=1S/C33H62O4/c1-3-5-7-9-10-11-12-13-14-15-19-22-26-30-33(36)37-31(27-23-8-6-4-2)28-24-20-17-16-18-21-25-29-32(34)35/h11-12,31H,3-10,13-30H2,1-2H3,(H,34,35)/b12-11-. The summed E-state index contributed by atoms with van der Waals surface area (Å²) in [6.07, 6.45) is 33.7. The van der Waals surface area contributed by atoms with Crippen molar-refractivity contribution in [2.75, 3.05) is 0 Å². The molecule has 0 radical (unpaired) electrons. The summed E-state index contributed by atoms with van der Waals surface area (Å²) in [6.45, 7) is 4.49. The number of allylic oxidation sites excluding steroid dienone is 2. The number of rotatable bonds is 29. The quantitative estimate of drug-likeness (QED) is 0.0602. The Hall–Kier alpha value is -1.32. The molecular formula is C33H62O4. The molecule has 4 nitrogen and oxygen atoms in total. The number of unbranched alkanes of at least 4 members (excludes halogenated alkanes) is 18. The van der Waals surface area contributed by atoms with E-state index in [1.807, 2.05) is 0 Å². The smallest absolute Gasteiger partial charge is 0.306 e. The van der Waals surface area contributed by atoms with Crippen molar-refractivity contribution in [3.63, 3.8) is 0 Å². The van der Waals surface area contributed by atoms with Crippen LogP contribution in [0.15, 0.2) is 12.2 Å². The van der Waals surface area contributed by atoms with Gasteiger partial charge >= 0.3 is 11.9 Å². The monoisotopic (exact) mass is 522 g/mol. The van der Waals surface area contributed by atoms with Gasteiger partial charge in [0.05, 0.1) is 0 Å². The van der Waals surface area contributed by atoms with Crippen LogP contribution in [0.2, 0.25) is 0 Å². The van der Waals surface area contributed by atoms with Gasteiger partial charge in [-0.2, -0.15) is 0 Å². The maximum absolute atomic E-state index is 12.5. The predicted molar refractivity (Wildman–Crippen MR) is 158 cm³/mol. The Kier molecular flexibility index (Phi) is 28.2. The maximum atomic E-state index is 12.5. The highest BCUT2D eigenvalue weighted by atomic mass is 16.5. The van der Waals surface area contributed by atoms with Gasteiger partial charge in [-0.05, 0) is 64.2 Å².